The fourth-order valence-electron chi connectivity index (χ4n) is 4.07. The van der Waals surface area contributed by atoms with Crippen LogP contribution in [0.1, 0.15) is 48.4 Å². The molecule has 0 fully saturated rings. The number of carbonyl (C=O) groups excluding carboxylic acids is 4. The molecule has 7 heteroatoms. The summed E-state index contributed by atoms with van der Waals surface area (Å²) in [5.41, 5.74) is 1.59. The third-order valence-electron chi connectivity index (χ3n) is 5.72. The fourth-order valence-corrected chi connectivity index (χ4v) is 4.07. The van der Waals surface area contributed by atoms with Gasteiger partial charge in [-0.15, -0.1) is 0 Å². The number of allylic oxidation sites excluding steroid dienone is 2. The van der Waals surface area contributed by atoms with E-state index < -0.39 is 23.6 Å². The van der Waals surface area contributed by atoms with Crippen LogP contribution in [0.2, 0.25) is 0 Å². The summed E-state index contributed by atoms with van der Waals surface area (Å²) in [6.07, 6.45) is 3.27. The molecule has 0 bridgehead atoms. The first kappa shape index (κ1) is 21.1. The Bertz CT molecular complexity index is 1420. The van der Waals surface area contributed by atoms with Gasteiger partial charge in [0.15, 0.2) is 0 Å². The first-order chi connectivity index (χ1) is 16.4. The highest BCUT2D eigenvalue weighted by atomic mass is 16.5. The van der Waals surface area contributed by atoms with E-state index in [-0.39, 0.29) is 22.5 Å². The predicted octanol–water partition coefficient (Wildman–Crippen LogP) is 4.76. The highest BCUT2D eigenvalue weighted by Gasteiger charge is 2.39. The van der Waals surface area contributed by atoms with Gasteiger partial charge in [0.05, 0.1) is 33.6 Å². The average molecular weight is 450 g/mol. The molecule has 0 spiro atoms. The Balaban J connectivity index is 1.48. The maximum absolute atomic E-state index is 13.2. The van der Waals surface area contributed by atoms with Crippen LogP contribution in [-0.4, -0.2) is 23.6 Å². The monoisotopic (exact) mass is 450 g/mol. The number of carbonyl (C=O) groups is 4. The Morgan fingerprint density at radius 2 is 1.24 bits per heavy atom. The van der Waals surface area contributed by atoms with Crippen LogP contribution in [-0.2, 0) is 0 Å². The zero-order valence-electron chi connectivity index (χ0n) is 18.1. The molecule has 5 rings (SSSR count). The van der Waals surface area contributed by atoms with E-state index in [0.29, 0.717) is 22.6 Å². The van der Waals surface area contributed by atoms with Crippen LogP contribution in [0.15, 0.2) is 91.2 Å². The summed E-state index contributed by atoms with van der Waals surface area (Å²) < 4.78 is 5.68. The molecule has 0 aliphatic carbocycles. The standard InChI is InChI=1S/C27H18N2O5/c1-3-18(4-2)34-19-12-13-22-23(15-19)27(33)29(26(22)32)17-9-7-8-16(14-17)28-24(30)20-10-5-6-11-21(20)25(28)31/h3-15H,1H2,2H3/b18-4+. The van der Waals surface area contributed by atoms with Crippen LogP contribution in [0, 0.1) is 0 Å². The SMILES string of the molecule is C=C/C(=C\C)Oc1ccc2c(c1)C(=O)N(c1cccc(N3C(=O)c4ccccc4C3=O)c1)C2=O. The van der Waals surface area contributed by atoms with Gasteiger partial charge in [0, 0.05) is 0 Å². The first-order valence-electron chi connectivity index (χ1n) is 10.5. The van der Waals surface area contributed by atoms with Crippen molar-refractivity contribution in [2.24, 2.45) is 0 Å². The molecule has 3 aromatic rings. The van der Waals surface area contributed by atoms with Crippen molar-refractivity contribution in [3.8, 4) is 5.75 Å². The normalized spacial score (nSPS) is 15.0. The quantitative estimate of drug-likeness (QED) is 0.318. The van der Waals surface area contributed by atoms with Crippen molar-refractivity contribution in [1.29, 1.82) is 0 Å². The maximum atomic E-state index is 13.2. The Morgan fingerprint density at radius 3 is 1.76 bits per heavy atom. The number of anilines is 2. The number of ether oxygens (including phenoxy) is 1. The van der Waals surface area contributed by atoms with Crippen molar-refractivity contribution in [3.63, 3.8) is 0 Å². The van der Waals surface area contributed by atoms with Gasteiger partial charge in [0.2, 0.25) is 0 Å². The molecule has 0 N–H and O–H groups in total. The van der Waals surface area contributed by atoms with E-state index in [4.69, 9.17) is 4.74 Å². The molecular weight excluding hydrogens is 432 g/mol. The lowest BCUT2D eigenvalue weighted by Gasteiger charge is -2.18. The summed E-state index contributed by atoms with van der Waals surface area (Å²) in [7, 11) is 0. The van der Waals surface area contributed by atoms with Crippen molar-refractivity contribution in [3.05, 3.63) is 113 Å². The number of amides is 4. The van der Waals surface area contributed by atoms with E-state index >= 15 is 0 Å². The number of rotatable bonds is 5. The summed E-state index contributed by atoms with van der Waals surface area (Å²) in [5, 5.41) is 0. The molecule has 0 aromatic heterocycles. The topological polar surface area (TPSA) is 84.0 Å². The summed E-state index contributed by atoms with van der Waals surface area (Å²) in [5.74, 6) is -1.02. The van der Waals surface area contributed by atoms with Crippen LogP contribution in [0.3, 0.4) is 0 Å². The van der Waals surface area contributed by atoms with Crippen molar-refractivity contribution in [2.45, 2.75) is 6.92 Å². The minimum Gasteiger partial charge on any atom is -0.458 e. The second kappa shape index (κ2) is 7.97. The Labute approximate surface area is 195 Å². The Kier molecular flexibility index (Phi) is 4.94. The van der Waals surface area contributed by atoms with E-state index in [0.717, 1.165) is 9.80 Å². The summed E-state index contributed by atoms with van der Waals surface area (Å²) >= 11 is 0. The van der Waals surface area contributed by atoms with Crippen LogP contribution in [0.4, 0.5) is 11.4 Å². The van der Waals surface area contributed by atoms with Gasteiger partial charge in [-0.1, -0.05) is 24.8 Å². The number of hydrogen-bond donors (Lipinski definition) is 0. The second-order valence-electron chi connectivity index (χ2n) is 7.66. The molecular formula is C27H18N2O5. The number of nitrogens with zero attached hydrogens (tertiary/aromatic N) is 2. The third-order valence-corrected chi connectivity index (χ3v) is 5.72. The van der Waals surface area contributed by atoms with Gasteiger partial charge in [-0.05, 0) is 67.6 Å². The molecule has 2 heterocycles. The lowest BCUT2D eigenvalue weighted by Crippen LogP contribution is -2.31. The molecule has 3 aromatic carbocycles. The smallest absolute Gasteiger partial charge is 0.266 e. The summed E-state index contributed by atoms with van der Waals surface area (Å²) in [4.78, 5) is 54.1. The maximum Gasteiger partial charge on any atom is 0.266 e. The van der Waals surface area contributed by atoms with E-state index in [1.165, 1.54) is 24.3 Å². The largest absolute Gasteiger partial charge is 0.458 e. The van der Waals surface area contributed by atoms with E-state index in [1.54, 1.807) is 61.5 Å². The molecule has 34 heavy (non-hydrogen) atoms. The average Bonchev–Trinajstić information content (AvgIpc) is 3.26. The fraction of sp³-hybridized carbons (Fsp3) is 0.0370. The molecule has 4 amide bonds. The number of hydrogen-bond acceptors (Lipinski definition) is 5. The molecule has 0 saturated heterocycles. The van der Waals surface area contributed by atoms with E-state index in [9.17, 15) is 19.2 Å². The van der Waals surface area contributed by atoms with Gasteiger partial charge in [-0.3, -0.25) is 19.2 Å². The molecule has 7 nitrogen and oxygen atoms in total. The van der Waals surface area contributed by atoms with Gasteiger partial charge in [-0.2, -0.15) is 0 Å². The van der Waals surface area contributed by atoms with Crippen LogP contribution in [0.5, 0.6) is 5.75 Å². The van der Waals surface area contributed by atoms with E-state index in [2.05, 4.69) is 6.58 Å². The van der Waals surface area contributed by atoms with Gasteiger partial charge >= 0.3 is 0 Å². The lowest BCUT2D eigenvalue weighted by molar-refractivity contribution is 0.0912. The summed E-state index contributed by atoms with van der Waals surface area (Å²) in [6, 6.07) is 17.5. The molecule has 0 atom stereocenters. The highest BCUT2D eigenvalue weighted by molar-refractivity contribution is 6.36. The second-order valence-corrected chi connectivity index (χ2v) is 7.66. The molecule has 2 aliphatic rings. The molecule has 2 aliphatic heterocycles. The zero-order valence-corrected chi connectivity index (χ0v) is 18.1. The molecule has 0 saturated carbocycles. The molecule has 0 radical (unpaired) electrons. The Morgan fingerprint density at radius 1 is 0.706 bits per heavy atom. The van der Waals surface area contributed by atoms with Crippen molar-refractivity contribution < 1.29 is 23.9 Å². The van der Waals surface area contributed by atoms with Crippen LogP contribution < -0.4 is 14.5 Å². The van der Waals surface area contributed by atoms with Crippen LogP contribution in [0.25, 0.3) is 0 Å². The van der Waals surface area contributed by atoms with Gasteiger partial charge < -0.3 is 4.74 Å². The van der Waals surface area contributed by atoms with Gasteiger partial charge in [-0.25, -0.2) is 9.80 Å². The third kappa shape index (κ3) is 3.14. The van der Waals surface area contributed by atoms with Gasteiger partial charge in [0.1, 0.15) is 11.5 Å². The van der Waals surface area contributed by atoms with Crippen molar-refractivity contribution >= 4 is 35.0 Å². The van der Waals surface area contributed by atoms with Crippen molar-refractivity contribution in [2.75, 3.05) is 9.80 Å². The number of fused-ring (bicyclic) bond motifs is 2. The number of imide groups is 2. The summed E-state index contributed by atoms with van der Waals surface area (Å²) in [6.45, 7) is 5.46. The Hall–Kier alpha value is -4.78. The van der Waals surface area contributed by atoms with Gasteiger partial charge in [0.25, 0.3) is 23.6 Å². The zero-order chi connectivity index (χ0) is 24.0. The minimum atomic E-state index is -0.523. The van der Waals surface area contributed by atoms with E-state index in [1.807, 2.05) is 0 Å². The number of benzene rings is 3. The molecule has 0 unspecified atom stereocenters. The predicted molar refractivity (Wildman–Crippen MR) is 126 cm³/mol. The highest BCUT2D eigenvalue weighted by Crippen LogP contribution is 2.35. The minimum absolute atomic E-state index is 0.202. The van der Waals surface area contributed by atoms with Crippen molar-refractivity contribution in [1.82, 2.24) is 0 Å². The molecule has 166 valence electrons. The first-order valence-corrected chi connectivity index (χ1v) is 10.5. The van der Waals surface area contributed by atoms with Crippen LogP contribution >= 0.6 is 0 Å². The lowest BCUT2D eigenvalue weighted by atomic mass is 10.1.